The molecule has 0 atom stereocenters. The molecule has 0 bridgehead atoms. The molecule has 0 N–H and O–H groups in total. The molecule has 6 heteroatoms. The maximum Gasteiger partial charge on any atom is 0.274 e. The minimum Gasteiger partial charge on any atom is -0.279 e. The highest BCUT2D eigenvalue weighted by Gasteiger charge is 2.14. The third-order valence-corrected chi connectivity index (χ3v) is 4.29. The number of hydrogen-bond acceptors (Lipinski definition) is 3. The Labute approximate surface area is 144 Å². The zero-order valence-electron chi connectivity index (χ0n) is 14.0. The first kappa shape index (κ1) is 15.1. The van der Waals surface area contributed by atoms with Crippen LogP contribution in [0.5, 0.6) is 0 Å². The number of rotatable bonds is 3. The van der Waals surface area contributed by atoms with Crippen molar-refractivity contribution in [2.75, 3.05) is 0 Å². The fourth-order valence-corrected chi connectivity index (χ4v) is 2.95. The van der Waals surface area contributed by atoms with Gasteiger partial charge in [-0.05, 0) is 31.2 Å². The SMILES string of the molecule is Cc1c(/C=N\n2cnc3ccccc32)n(C)n(-c2ccccc2)c1=O. The van der Waals surface area contributed by atoms with Crippen LogP contribution in [0.1, 0.15) is 11.3 Å². The Morgan fingerprint density at radius 3 is 2.56 bits per heavy atom. The summed E-state index contributed by atoms with van der Waals surface area (Å²) in [6, 6.07) is 17.4. The average Bonchev–Trinajstić information content (AvgIpc) is 3.14. The van der Waals surface area contributed by atoms with Gasteiger partial charge in [0.2, 0.25) is 0 Å². The fraction of sp³-hybridized carbons (Fsp3) is 0.105. The maximum atomic E-state index is 12.6. The highest BCUT2D eigenvalue weighted by Crippen LogP contribution is 2.12. The number of benzene rings is 2. The van der Waals surface area contributed by atoms with Crippen molar-refractivity contribution < 1.29 is 0 Å². The van der Waals surface area contributed by atoms with Crippen LogP contribution in [-0.2, 0) is 7.05 Å². The van der Waals surface area contributed by atoms with E-state index >= 15 is 0 Å². The molecule has 6 nitrogen and oxygen atoms in total. The van der Waals surface area contributed by atoms with Crippen LogP contribution in [0.25, 0.3) is 16.7 Å². The van der Waals surface area contributed by atoms with Crippen molar-refractivity contribution in [2.45, 2.75) is 6.92 Å². The lowest BCUT2D eigenvalue weighted by Gasteiger charge is -2.07. The third-order valence-electron chi connectivity index (χ3n) is 4.29. The van der Waals surface area contributed by atoms with E-state index in [1.807, 2.05) is 73.3 Å². The van der Waals surface area contributed by atoms with Crippen molar-refractivity contribution >= 4 is 17.2 Å². The Bertz CT molecular complexity index is 1130. The second kappa shape index (κ2) is 5.90. The van der Waals surface area contributed by atoms with E-state index in [1.165, 1.54) is 0 Å². The van der Waals surface area contributed by atoms with E-state index in [0.29, 0.717) is 5.56 Å². The van der Waals surface area contributed by atoms with Gasteiger partial charge in [-0.3, -0.25) is 9.48 Å². The average molecular weight is 331 g/mol. The van der Waals surface area contributed by atoms with Gasteiger partial charge in [0.05, 0.1) is 28.6 Å². The lowest BCUT2D eigenvalue weighted by molar-refractivity contribution is 0.642. The van der Waals surface area contributed by atoms with Crippen LogP contribution in [0.15, 0.2) is 70.8 Å². The lowest BCUT2D eigenvalue weighted by Crippen LogP contribution is -2.20. The summed E-state index contributed by atoms with van der Waals surface area (Å²) in [4.78, 5) is 17.0. The van der Waals surface area contributed by atoms with Gasteiger partial charge >= 0.3 is 0 Å². The molecule has 124 valence electrons. The van der Waals surface area contributed by atoms with E-state index in [4.69, 9.17) is 0 Å². The molecule has 0 spiro atoms. The Morgan fingerprint density at radius 2 is 1.76 bits per heavy atom. The second-order valence-corrected chi connectivity index (χ2v) is 5.81. The summed E-state index contributed by atoms with van der Waals surface area (Å²) < 4.78 is 5.16. The number of fused-ring (bicyclic) bond motifs is 1. The number of para-hydroxylation sites is 3. The predicted molar refractivity (Wildman–Crippen MR) is 98.5 cm³/mol. The Morgan fingerprint density at radius 1 is 1.04 bits per heavy atom. The topological polar surface area (TPSA) is 57.1 Å². The molecule has 25 heavy (non-hydrogen) atoms. The summed E-state index contributed by atoms with van der Waals surface area (Å²) >= 11 is 0. The largest absolute Gasteiger partial charge is 0.279 e. The van der Waals surface area contributed by atoms with Gasteiger partial charge in [-0.1, -0.05) is 30.3 Å². The first-order valence-corrected chi connectivity index (χ1v) is 7.97. The third kappa shape index (κ3) is 2.48. The molecule has 2 aromatic heterocycles. The highest BCUT2D eigenvalue weighted by molar-refractivity contribution is 5.81. The van der Waals surface area contributed by atoms with Crippen molar-refractivity contribution in [1.29, 1.82) is 0 Å². The number of imidazole rings is 1. The Hall–Kier alpha value is -3.41. The zero-order valence-corrected chi connectivity index (χ0v) is 14.0. The molecule has 0 aliphatic carbocycles. The molecule has 0 radical (unpaired) electrons. The van der Waals surface area contributed by atoms with E-state index in [0.717, 1.165) is 22.4 Å². The minimum absolute atomic E-state index is 0.0503. The van der Waals surface area contributed by atoms with E-state index in [1.54, 1.807) is 21.9 Å². The molecule has 0 saturated carbocycles. The van der Waals surface area contributed by atoms with E-state index < -0.39 is 0 Å². The second-order valence-electron chi connectivity index (χ2n) is 5.81. The summed E-state index contributed by atoms with van der Waals surface area (Å²) in [6.45, 7) is 1.81. The first-order chi connectivity index (χ1) is 12.2. The summed E-state index contributed by atoms with van der Waals surface area (Å²) in [5, 5.41) is 4.49. The standard InChI is InChI=1S/C19H17N5O/c1-14-18(12-21-23-13-20-16-10-6-7-11-17(16)23)22(2)24(19(14)25)15-8-4-3-5-9-15/h3-13H,1-2H3/b21-12-. The van der Waals surface area contributed by atoms with Gasteiger partial charge in [-0.15, -0.1) is 0 Å². The van der Waals surface area contributed by atoms with Crippen LogP contribution in [-0.4, -0.2) is 25.2 Å². The monoisotopic (exact) mass is 331 g/mol. The summed E-state index contributed by atoms with van der Waals surface area (Å²) in [5.74, 6) is 0. The first-order valence-electron chi connectivity index (χ1n) is 7.97. The zero-order chi connectivity index (χ0) is 17.4. The van der Waals surface area contributed by atoms with Crippen molar-refractivity contribution in [3.05, 3.63) is 82.5 Å². The fourth-order valence-electron chi connectivity index (χ4n) is 2.95. The van der Waals surface area contributed by atoms with Crippen LogP contribution in [0.3, 0.4) is 0 Å². The minimum atomic E-state index is -0.0503. The van der Waals surface area contributed by atoms with E-state index in [9.17, 15) is 4.79 Å². The van der Waals surface area contributed by atoms with Gasteiger partial charge in [0, 0.05) is 12.6 Å². The smallest absolute Gasteiger partial charge is 0.274 e. The maximum absolute atomic E-state index is 12.6. The Kier molecular flexibility index (Phi) is 3.57. The van der Waals surface area contributed by atoms with E-state index in [-0.39, 0.29) is 5.56 Å². The van der Waals surface area contributed by atoms with Crippen LogP contribution in [0, 0.1) is 6.92 Å². The van der Waals surface area contributed by atoms with Gasteiger partial charge in [-0.2, -0.15) is 5.10 Å². The molecule has 0 aliphatic rings. The molecule has 2 aromatic carbocycles. The van der Waals surface area contributed by atoms with Crippen LogP contribution in [0.4, 0.5) is 0 Å². The number of aromatic nitrogens is 4. The molecular formula is C19H17N5O. The van der Waals surface area contributed by atoms with Crippen molar-refractivity contribution in [1.82, 2.24) is 19.0 Å². The van der Waals surface area contributed by atoms with Crippen molar-refractivity contribution in [3.63, 3.8) is 0 Å². The normalized spacial score (nSPS) is 11.6. The van der Waals surface area contributed by atoms with Gasteiger partial charge in [0.1, 0.15) is 6.33 Å². The van der Waals surface area contributed by atoms with Gasteiger partial charge in [0.15, 0.2) is 0 Å². The summed E-state index contributed by atoms with van der Waals surface area (Å²) in [5.41, 5.74) is 3.98. The molecule has 0 aliphatic heterocycles. The summed E-state index contributed by atoms with van der Waals surface area (Å²) in [6.07, 6.45) is 3.37. The van der Waals surface area contributed by atoms with Gasteiger partial charge in [-0.25, -0.2) is 14.3 Å². The molecule has 0 unspecified atom stereocenters. The number of nitrogens with zero attached hydrogens (tertiary/aromatic N) is 5. The van der Waals surface area contributed by atoms with E-state index in [2.05, 4.69) is 10.1 Å². The molecule has 0 saturated heterocycles. The van der Waals surface area contributed by atoms with Crippen molar-refractivity contribution in [2.24, 2.45) is 12.1 Å². The molecule has 2 heterocycles. The molecule has 0 fully saturated rings. The summed E-state index contributed by atoms with van der Waals surface area (Å²) in [7, 11) is 1.86. The highest BCUT2D eigenvalue weighted by atomic mass is 16.1. The van der Waals surface area contributed by atoms with Gasteiger partial charge < -0.3 is 0 Å². The quantitative estimate of drug-likeness (QED) is 0.542. The van der Waals surface area contributed by atoms with Crippen LogP contribution < -0.4 is 5.56 Å². The van der Waals surface area contributed by atoms with Crippen molar-refractivity contribution in [3.8, 4) is 5.69 Å². The van der Waals surface area contributed by atoms with Crippen LogP contribution in [0.2, 0.25) is 0 Å². The Balaban J connectivity index is 1.80. The van der Waals surface area contributed by atoms with Crippen LogP contribution >= 0.6 is 0 Å². The predicted octanol–water partition coefficient (Wildman–Crippen LogP) is 2.72. The molecule has 4 rings (SSSR count). The molecule has 4 aromatic rings. The van der Waals surface area contributed by atoms with Gasteiger partial charge in [0.25, 0.3) is 5.56 Å². The lowest BCUT2D eigenvalue weighted by atomic mass is 10.3. The number of hydrogen-bond donors (Lipinski definition) is 0. The molecule has 0 amide bonds. The molecular weight excluding hydrogens is 314 g/mol.